The van der Waals surface area contributed by atoms with Gasteiger partial charge in [0, 0.05) is 10.7 Å². The number of aromatic nitrogens is 1. The van der Waals surface area contributed by atoms with Gasteiger partial charge in [0.25, 0.3) is 0 Å². The maximum Gasteiger partial charge on any atom is 0.165 e. The maximum absolute atomic E-state index is 13.4. The lowest BCUT2D eigenvalue weighted by Gasteiger charge is -2.08. The summed E-state index contributed by atoms with van der Waals surface area (Å²) in [7, 11) is 0. The summed E-state index contributed by atoms with van der Waals surface area (Å²) in [5, 5.41) is 0. The summed E-state index contributed by atoms with van der Waals surface area (Å²) in [4.78, 5) is 4.19. The van der Waals surface area contributed by atoms with Gasteiger partial charge in [-0.15, -0.1) is 0 Å². The lowest BCUT2D eigenvalue weighted by atomic mass is 10.2. The van der Waals surface area contributed by atoms with Gasteiger partial charge in [0.2, 0.25) is 0 Å². The number of aryl methyl sites for hydroxylation is 1. The first-order valence-corrected chi connectivity index (χ1v) is 5.94. The van der Waals surface area contributed by atoms with Gasteiger partial charge in [0.1, 0.15) is 6.61 Å². The number of ether oxygens (including phenoxy) is 1. The molecule has 0 radical (unpaired) electrons. The molecule has 2 nitrogen and oxygen atoms in total. The Bertz CT molecular complexity index is 531. The van der Waals surface area contributed by atoms with Gasteiger partial charge in [0.05, 0.1) is 5.69 Å². The second kappa shape index (κ2) is 5.27. The molecule has 1 aromatic heterocycles. The van der Waals surface area contributed by atoms with Gasteiger partial charge in [-0.1, -0.05) is 22.0 Å². The van der Waals surface area contributed by atoms with Crippen LogP contribution in [0, 0.1) is 12.7 Å². The Morgan fingerprint density at radius 3 is 2.94 bits per heavy atom. The van der Waals surface area contributed by atoms with E-state index in [-0.39, 0.29) is 18.2 Å². The normalized spacial score (nSPS) is 10.3. The van der Waals surface area contributed by atoms with E-state index in [9.17, 15) is 4.39 Å². The van der Waals surface area contributed by atoms with Crippen molar-refractivity contribution in [1.82, 2.24) is 4.98 Å². The fraction of sp³-hybridized carbons (Fsp3) is 0.154. The summed E-state index contributed by atoms with van der Waals surface area (Å²) in [6.45, 7) is 2.21. The molecule has 2 rings (SSSR count). The molecule has 88 valence electrons. The van der Waals surface area contributed by atoms with Crippen LogP contribution in [0.15, 0.2) is 41.0 Å². The molecule has 4 heteroatoms. The molecule has 0 aliphatic carbocycles. The average Bonchev–Trinajstić information content (AvgIpc) is 2.32. The van der Waals surface area contributed by atoms with E-state index in [1.54, 1.807) is 18.3 Å². The van der Waals surface area contributed by atoms with Crippen LogP contribution in [0.5, 0.6) is 5.75 Å². The van der Waals surface area contributed by atoms with E-state index in [1.807, 2.05) is 19.1 Å². The third-order valence-corrected chi connectivity index (χ3v) is 2.87. The molecule has 0 aliphatic heterocycles. The Balaban J connectivity index is 2.12. The van der Waals surface area contributed by atoms with Crippen molar-refractivity contribution in [1.29, 1.82) is 0 Å². The summed E-state index contributed by atoms with van der Waals surface area (Å²) in [6.07, 6.45) is 1.70. The molecular weight excluding hydrogens is 285 g/mol. The fourth-order valence-corrected chi connectivity index (χ4v) is 1.74. The number of pyridine rings is 1. The third kappa shape index (κ3) is 3.03. The second-order valence-electron chi connectivity index (χ2n) is 3.63. The monoisotopic (exact) mass is 295 g/mol. The highest BCUT2D eigenvalue weighted by Crippen LogP contribution is 2.23. The van der Waals surface area contributed by atoms with Gasteiger partial charge in [-0.05, 0) is 36.8 Å². The first kappa shape index (κ1) is 12.0. The first-order chi connectivity index (χ1) is 8.16. The van der Waals surface area contributed by atoms with E-state index in [1.165, 1.54) is 6.07 Å². The second-order valence-corrected chi connectivity index (χ2v) is 4.55. The van der Waals surface area contributed by atoms with Crippen LogP contribution in [0.1, 0.15) is 11.3 Å². The molecular formula is C13H11BrFNO. The van der Waals surface area contributed by atoms with Gasteiger partial charge in [-0.25, -0.2) is 4.39 Å². The largest absolute Gasteiger partial charge is 0.484 e. The highest BCUT2D eigenvalue weighted by Gasteiger charge is 2.05. The molecule has 0 N–H and O–H groups in total. The van der Waals surface area contributed by atoms with Crippen LogP contribution in [0.4, 0.5) is 4.39 Å². The SMILES string of the molecule is Cc1cccnc1COc1cc(Br)ccc1F. The molecule has 1 heterocycles. The van der Waals surface area contributed by atoms with E-state index in [0.717, 1.165) is 15.7 Å². The maximum atomic E-state index is 13.4. The lowest BCUT2D eigenvalue weighted by molar-refractivity contribution is 0.285. The highest BCUT2D eigenvalue weighted by atomic mass is 79.9. The minimum Gasteiger partial charge on any atom is -0.484 e. The summed E-state index contributed by atoms with van der Waals surface area (Å²) < 4.78 is 19.6. The van der Waals surface area contributed by atoms with E-state index < -0.39 is 0 Å². The van der Waals surface area contributed by atoms with Crippen LogP contribution in [-0.4, -0.2) is 4.98 Å². The number of benzene rings is 1. The van der Waals surface area contributed by atoms with E-state index >= 15 is 0 Å². The van der Waals surface area contributed by atoms with Crippen molar-refractivity contribution in [3.63, 3.8) is 0 Å². The topological polar surface area (TPSA) is 22.1 Å². The van der Waals surface area contributed by atoms with Crippen LogP contribution in [-0.2, 0) is 6.61 Å². The molecule has 0 unspecified atom stereocenters. The summed E-state index contributed by atoms with van der Waals surface area (Å²) in [5.74, 6) is -0.147. The van der Waals surface area contributed by atoms with Gasteiger partial charge in [0.15, 0.2) is 11.6 Å². The molecule has 17 heavy (non-hydrogen) atoms. The fourth-order valence-electron chi connectivity index (χ4n) is 1.40. The molecule has 0 saturated heterocycles. The van der Waals surface area contributed by atoms with Gasteiger partial charge in [-0.2, -0.15) is 0 Å². The summed E-state index contributed by atoms with van der Waals surface area (Å²) in [6, 6.07) is 8.41. The van der Waals surface area contributed by atoms with E-state index in [2.05, 4.69) is 20.9 Å². The molecule has 2 aromatic rings. The van der Waals surface area contributed by atoms with Crippen molar-refractivity contribution in [2.24, 2.45) is 0 Å². The lowest BCUT2D eigenvalue weighted by Crippen LogP contribution is -2.01. The zero-order chi connectivity index (χ0) is 12.3. The van der Waals surface area contributed by atoms with Crippen molar-refractivity contribution in [3.05, 3.63) is 58.1 Å². The Morgan fingerprint density at radius 2 is 2.18 bits per heavy atom. The number of nitrogens with zero attached hydrogens (tertiary/aromatic N) is 1. The third-order valence-electron chi connectivity index (χ3n) is 2.38. The van der Waals surface area contributed by atoms with Crippen LogP contribution in [0.25, 0.3) is 0 Å². The highest BCUT2D eigenvalue weighted by molar-refractivity contribution is 9.10. The zero-order valence-corrected chi connectivity index (χ0v) is 10.9. The Labute approximate surface area is 108 Å². The van der Waals surface area contributed by atoms with Crippen molar-refractivity contribution in [2.45, 2.75) is 13.5 Å². The van der Waals surface area contributed by atoms with Crippen LogP contribution < -0.4 is 4.74 Å². The Morgan fingerprint density at radius 1 is 1.35 bits per heavy atom. The minimum absolute atomic E-state index is 0.226. The predicted molar refractivity (Wildman–Crippen MR) is 67.4 cm³/mol. The molecule has 0 bridgehead atoms. The molecule has 0 saturated carbocycles. The smallest absolute Gasteiger partial charge is 0.165 e. The first-order valence-electron chi connectivity index (χ1n) is 5.15. The zero-order valence-electron chi connectivity index (χ0n) is 9.28. The van der Waals surface area contributed by atoms with Gasteiger partial charge < -0.3 is 4.74 Å². The van der Waals surface area contributed by atoms with Crippen LogP contribution in [0.3, 0.4) is 0 Å². The standard InChI is InChI=1S/C13H11BrFNO/c1-9-3-2-6-16-12(9)8-17-13-7-10(14)4-5-11(13)15/h2-7H,8H2,1H3. The summed E-state index contributed by atoms with van der Waals surface area (Å²) in [5.41, 5.74) is 1.84. The van der Waals surface area contributed by atoms with Gasteiger partial charge in [-0.3, -0.25) is 4.98 Å². The number of hydrogen-bond donors (Lipinski definition) is 0. The van der Waals surface area contributed by atoms with Crippen LogP contribution >= 0.6 is 15.9 Å². The molecule has 0 fully saturated rings. The van der Waals surface area contributed by atoms with E-state index in [4.69, 9.17) is 4.74 Å². The quantitative estimate of drug-likeness (QED) is 0.857. The molecule has 0 aliphatic rings. The van der Waals surface area contributed by atoms with Crippen molar-refractivity contribution in [3.8, 4) is 5.75 Å². The average molecular weight is 296 g/mol. The summed E-state index contributed by atoms with van der Waals surface area (Å²) >= 11 is 3.27. The predicted octanol–water partition coefficient (Wildman–Crippen LogP) is 3.87. The van der Waals surface area contributed by atoms with Crippen molar-refractivity contribution >= 4 is 15.9 Å². The van der Waals surface area contributed by atoms with Gasteiger partial charge >= 0.3 is 0 Å². The molecule has 0 spiro atoms. The molecule has 1 aromatic carbocycles. The molecule has 0 atom stereocenters. The van der Waals surface area contributed by atoms with Crippen molar-refractivity contribution in [2.75, 3.05) is 0 Å². The minimum atomic E-state index is -0.373. The number of halogens is 2. The molecule has 0 amide bonds. The number of hydrogen-bond acceptors (Lipinski definition) is 2. The van der Waals surface area contributed by atoms with Crippen LogP contribution in [0.2, 0.25) is 0 Å². The Kier molecular flexibility index (Phi) is 3.74. The van der Waals surface area contributed by atoms with E-state index in [0.29, 0.717) is 0 Å². The Hall–Kier alpha value is -1.42. The van der Waals surface area contributed by atoms with Crippen molar-refractivity contribution < 1.29 is 9.13 Å². The number of rotatable bonds is 3.